The number of nitrogens with zero attached hydrogens (tertiary/aromatic N) is 1. The van der Waals surface area contributed by atoms with E-state index in [9.17, 15) is 4.79 Å². The number of hydrogen-bond donors (Lipinski definition) is 2. The lowest BCUT2D eigenvalue weighted by Crippen LogP contribution is -2.02. The average Bonchev–Trinajstić information content (AvgIpc) is 2.58. The maximum atomic E-state index is 11.2. The van der Waals surface area contributed by atoms with Gasteiger partial charge in [0.25, 0.3) is 0 Å². The lowest BCUT2D eigenvalue weighted by Gasteiger charge is -2.11. The highest BCUT2D eigenvalue weighted by Crippen LogP contribution is 2.31. The van der Waals surface area contributed by atoms with Crippen LogP contribution in [0.1, 0.15) is 35.8 Å². The molecule has 3 rings (SSSR count). The maximum absolute atomic E-state index is 11.2. The zero-order valence-electron chi connectivity index (χ0n) is 14.0. The topological polar surface area (TPSA) is 76.2 Å². The van der Waals surface area contributed by atoms with Crippen LogP contribution in [0.25, 0.3) is 22.0 Å². The number of benzene rings is 2. The van der Waals surface area contributed by atoms with E-state index in [2.05, 4.69) is 13.0 Å². The minimum Gasteiger partial charge on any atom is -0.478 e. The van der Waals surface area contributed by atoms with E-state index in [1.807, 2.05) is 30.3 Å². The number of pyridine rings is 1. The molecule has 2 aromatic carbocycles. The molecule has 0 amide bonds. The largest absolute Gasteiger partial charge is 0.478 e. The Labute approximate surface area is 153 Å². The number of unbranched alkanes of at least 4 members (excludes halogenated alkanes) is 1. The number of para-hydroxylation sites is 1. The Balaban J connectivity index is 0.00000225. The van der Waals surface area contributed by atoms with Gasteiger partial charge >= 0.3 is 5.97 Å². The van der Waals surface area contributed by atoms with E-state index in [0.717, 1.165) is 47.0 Å². The smallest absolute Gasteiger partial charge is 0.337 e. The standard InChI is InChI=1S/C20H20N2O2.ClH/c1-2-3-6-14-12-17(15-7-4-5-8-19(15)22-14)13-9-10-16(20(23)24)18(21)11-13;/h4-5,7-12H,2-3,6,21H2,1H3,(H,23,24);1H. The number of nitrogens with two attached hydrogens (primary N) is 1. The van der Waals surface area contributed by atoms with Crippen LogP contribution < -0.4 is 5.73 Å². The molecule has 25 heavy (non-hydrogen) atoms. The van der Waals surface area contributed by atoms with Gasteiger partial charge in [-0.2, -0.15) is 0 Å². The predicted molar refractivity (Wildman–Crippen MR) is 104 cm³/mol. The summed E-state index contributed by atoms with van der Waals surface area (Å²) in [6.45, 7) is 2.16. The molecular formula is C20H21ClN2O2. The fourth-order valence-corrected chi connectivity index (χ4v) is 2.88. The summed E-state index contributed by atoms with van der Waals surface area (Å²) in [4.78, 5) is 15.9. The fraction of sp³-hybridized carbons (Fsp3) is 0.200. The molecule has 3 N–H and O–H groups in total. The SMILES string of the molecule is CCCCc1cc(-c2ccc(C(=O)O)c(N)c2)c2ccccc2n1.Cl. The summed E-state index contributed by atoms with van der Waals surface area (Å²) in [6.07, 6.45) is 3.13. The number of carboxylic acids is 1. The van der Waals surface area contributed by atoms with Crippen LogP contribution in [0.5, 0.6) is 0 Å². The molecule has 1 heterocycles. The third-order valence-corrected chi connectivity index (χ3v) is 4.15. The number of fused-ring (bicyclic) bond motifs is 1. The first-order valence-electron chi connectivity index (χ1n) is 8.12. The Bertz CT molecular complexity index is 909. The quantitative estimate of drug-likeness (QED) is 0.634. The number of aryl methyl sites for hydroxylation is 1. The summed E-state index contributed by atoms with van der Waals surface area (Å²) in [7, 11) is 0. The molecule has 0 spiro atoms. The van der Waals surface area contributed by atoms with Crippen LogP contribution in [0.3, 0.4) is 0 Å². The summed E-state index contributed by atoms with van der Waals surface area (Å²) in [6, 6.07) is 15.2. The number of carboxylic acid groups (broad SMARTS) is 1. The molecule has 0 aliphatic carbocycles. The van der Waals surface area contributed by atoms with Crippen LogP contribution in [0, 0.1) is 0 Å². The van der Waals surface area contributed by atoms with Crippen molar-refractivity contribution in [3.63, 3.8) is 0 Å². The van der Waals surface area contributed by atoms with Crippen LogP contribution in [0.4, 0.5) is 5.69 Å². The van der Waals surface area contributed by atoms with Gasteiger partial charge in [0.15, 0.2) is 0 Å². The van der Waals surface area contributed by atoms with E-state index in [4.69, 9.17) is 15.8 Å². The third kappa shape index (κ3) is 3.91. The molecule has 0 fully saturated rings. The Kier molecular flexibility index (Phi) is 5.99. The lowest BCUT2D eigenvalue weighted by atomic mass is 9.97. The molecule has 0 unspecified atom stereocenters. The summed E-state index contributed by atoms with van der Waals surface area (Å²) >= 11 is 0. The van der Waals surface area contributed by atoms with Crippen molar-refractivity contribution >= 4 is 35.0 Å². The number of hydrogen-bond acceptors (Lipinski definition) is 3. The second-order valence-electron chi connectivity index (χ2n) is 5.89. The Hall–Kier alpha value is -2.59. The average molecular weight is 357 g/mol. The van der Waals surface area contributed by atoms with Crippen molar-refractivity contribution in [3.05, 3.63) is 59.8 Å². The fourth-order valence-electron chi connectivity index (χ4n) is 2.88. The van der Waals surface area contributed by atoms with Gasteiger partial charge in [0.1, 0.15) is 0 Å². The van der Waals surface area contributed by atoms with Crippen LogP contribution in [-0.2, 0) is 6.42 Å². The van der Waals surface area contributed by atoms with E-state index in [0.29, 0.717) is 0 Å². The maximum Gasteiger partial charge on any atom is 0.337 e. The van der Waals surface area contributed by atoms with Crippen LogP contribution >= 0.6 is 12.4 Å². The normalized spacial score (nSPS) is 10.4. The molecule has 130 valence electrons. The molecule has 0 radical (unpaired) electrons. The number of rotatable bonds is 5. The number of nitrogen functional groups attached to an aromatic ring is 1. The zero-order valence-corrected chi connectivity index (χ0v) is 14.8. The van der Waals surface area contributed by atoms with Gasteiger partial charge in [0.05, 0.1) is 11.1 Å². The van der Waals surface area contributed by atoms with Crippen molar-refractivity contribution < 1.29 is 9.90 Å². The predicted octanol–water partition coefficient (Wildman–Crippen LogP) is 4.95. The highest BCUT2D eigenvalue weighted by Gasteiger charge is 2.12. The third-order valence-electron chi connectivity index (χ3n) is 4.15. The summed E-state index contributed by atoms with van der Waals surface area (Å²) in [5, 5.41) is 10.2. The second-order valence-corrected chi connectivity index (χ2v) is 5.89. The van der Waals surface area contributed by atoms with Crippen molar-refractivity contribution in [2.24, 2.45) is 0 Å². The van der Waals surface area contributed by atoms with Gasteiger partial charge < -0.3 is 10.8 Å². The highest BCUT2D eigenvalue weighted by atomic mass is 35.5. The highest BCUT2D eigenvalue weighted by molar-refractivity contribution is 5.98. The van der Waals surface area contributed by atoms with Crippen molar-refractivity contribution in [1.29, 1.82) is 0 Å². The van der Waals surface area contributed by atoms with Gasteiger partial charge in [-0.3, -0.25) is 4.98 Å². The van der Waals surface area contributed by atoms with Crippen molar-refractivity contribution in [2.45, 2.75) is 26.2 Å². The number of carbonyl (C=O) groups is 1. The first kappa shape index (κ1) is 18.7. The molecule has 3 aromatic rings. The first-order valence-corrected chi connectivity index (χ1v) is 8.12. The Morgan fingerprint density at radius 1 is 1.16 bits per heavy atom. The van der Waals surface area contributed by atoms with E-state index in [1.54, 1.807) is 12.1 Å². The van der Waals surface area contributed by atoms with Gasteiger partial charge in [0, 0.05) is 16.8 Å². The van der Waals surface area contributed by atoms with Crippen molar-refractivity contribution in [2.75, 3.05) is 5.73 Å². The Morgan fingerprint density at radius 3 is 2.60 bits per heavy atom. The Morgan fingerprint density at radius 2 is 1.92 bits per heavy atom. The van der Waals surface area contributed by atoms with Crippen LogP contribution in [0.2, 0.25) is 0 Å². The second kappa shape index (κ2) is 7.99. The molecule has 5 heteroatoms. The number of aromatic carboxylic acids is 1. The minimum absolute atomic E-state index is 0. The lowest BCUT2D eigenvalue weighted by molar-refractivity contribution is 0.0698. The number of aromatic nitrogens is 1. The zero-order chi connectivity index (χ0) is 17.1. The van der Waals surface area contributed by atoms with Gasteiger partial charge in [-0.1, -0.05) is 37.6 Å². The number of halogens is 1. The van der Waals surface area contributed by atoms with E-state index >= 15 is 0 Å². The van der Waals surface area contributed by atoms with Gasteiger partial charge in [-0.05, 0) is 48.2 Å². The molecule has 1 aromatic heterocycles. The van der Waals surface area contributed by atoms with E-state index < -0.39 is 5.97 Å². The first-order chi connectivity index (χ1) is 11.6. The molecule has 0 saturated heterocycles. The van der Waals surface area contributed by atoms with E-state index in [1.165, 1.54) is 0 Å². The van der Waals surface area contributed by atoms with Crippen molar-refractivity contribution in [3.8, 4) is 11.1 Å². The molecule has 0 saturated carbocycles. The van der Waals surface area contributed by atoms with Gasteiger partial charge in [0.2, 0.25) is 0 Å². The molecular weight excluding hydrogens is 336 g/mol. The number of anilines is 1. The van der Waals surface area contributed by atoms with Crippen LogP contribution in [0.15, 0.2) is 48.5 Å². The molecule has 0 atom stereocenters. The van der Waals surface area contributed by atoms with Crippen molar-refractivity contribution in [1.82, 2.24) is 4.98 Å². The van der Waals surface area contributed by atoms with Gasteiger partial charge in [-0.25, -0.2) is 4.79 Å². The minimum atomic E-state index is -1.01. The summed E-state index contributed by atoms with van der Waals surface area (Å²) < 4.78 is 0. The van der Waals surface area contributed by atoms with Crippen LogP contribution in [-0.4, -0.2) is 16.1 Å². The molecule has 0 bridgehead atoms. The summed E-state index contributed by atoms with van der Waals surface area (Å²) in [5.41, 5.74) is 10.3. The molecule has 0 aliphatic heterocycles. The van der Waals surface area contributed by atoms with Gasteiger partial charge in [-0.15, -0.1) is 12.4 Å². The molecule has 4 nitrogen and oxygen atoms in total. The summed E-state index contributed by atoms with van der Waals surface area (Å²) in [5.74, 6) is -1.01. The van der Waals surface area contributed by atoms with E-state index in [-0.39, 0.29) is 23.7 Å². The molecule has 0 aliphatic rings. The monoisotopic (exact) mass is 356 g/mol.